The average Bonchev–Trinajstić information content (AvgIpc) is 2.84. The zero-order valence-corrected chi connectivity index (χ0v) is 10.3. The van der Waals surface area contributed by atoms with Crippen LogP contribution < -0.4 is 0 Å². The van der Waals surface area contributed by atoms with E-state index in [2.05, 4.69) is 0 Å². The van der Waals surface area contributed by atoms with Crippen LogP contribution in [0.15, 0.2) is 24.3 Å². The standard InChI is InChI=1S/C13H9F3OS/c1-2-10(17)12-4-3-11(18-12)7-5-8(14)13(16)9(15)6-7/h3-6H,2H2,1H3. The molecule has 1 aromatic heterocycles. The van der Waals surface area contributed by atoms with Crippen LogP contribution in [0.5, 0.6) is 0 Å². The predicted molar refractivity (Wildman–Crippen MR) is 64.3 cm³/mol. The van der Waals surface area contributed by atoms with Crippen LogP contribution in [0.1, 0.15) is 23.0 Å². The number of hydrogen-bond donors (Lipinski definition) is 0. The minimum atomic E-state index is -1.49. The van der Waals surface area contributed by atoms with E-state index in [9.17, 15) is 18.0 Å². The molecular weight excluding hydrogens is 261 g/mol. The van der Waals surface area contributed by atoms with Gasteiger partial charge in [0, 0.05) is 11.3 Å². The van der Waals surface area contributed by atoms with Gasteiger partial charge in [0.05, 0.1) is 4.88 Å². The molecule has 0 radical (unpaired) electrons. The first-order valence-electron chi connectivity index (χ1n) is 5.31. The maximum atomic E-state index is 13.1. The molecule has 0 aliphatic rings. The van der Waals surface area contributed by atoms with Gasteiger partial charge in [-0.3, -0.25) is 4.79 Å². The average molecular weight is 270 g/mol. The first kappa shape index (κ1) is 12.8. The highest BCUT2D eigenvalue weighted by Crippen LogP contribution is 2.30. The van der Waals surface area contributed by atoms with E-state index in [0.29, 0.717) is 16.2 Å². The molecule has 0 aliphatic heterocycles. The number of rotatable bonds is 3. The molecule has 1 nitrogen and oxygen atoms in total. The summed E-state index contributed by atoms with van der Waals surface area (Å²) in [5, 5.41) is 0. The zero-order chi connectivity index (χ0) is 13.3. The lowest BCUT2D eigenvalue weighted by Gasteiger charge is -2.00. The third kappa shape index (κ3) is 2.31. The van der Waals surface area contributed by atoms with Gasteiger partial charge in [-0.05, 0) is 29.8 Å². The summed E-state index contributed by atoms with van der Waals surface area (Å²) < 4.78 is 39.0. The molecule has 5 heteroatoms. The summed E-state index contributed by atoms with van der Waals surface area (Å²) in [4.78, 5) is 12.5. The van der Waals surface area contributed by atoms with Crippen LogP contribution >= 0.6 is 11.3 Å². The number of thiophene rings is 1. The Morgan fingerprint density at radius 2 is 1.78 bits per heavy atom. The van der Waals surface area contributed by atoms with E-state index < -0.39 is 17.5 Å². The molecule has 2 rings (SSSR count). The summed E-state index contributed by atoms with van der Waals surface area (Å²) in [6, 6.07) is 5.04. The van der Waals surface area contributed by atoms with Gasteiger partial charge in [-0.15, -0.1) is 11.3 Å². The van der Waals surface area contributed by atoms with Gasteiger partial charge in [-0.2, -0.15) is 0 Å². The van der Waals surface area contributed by atoms with Crippen LogP contribution in [-0.2, 0) is 0 Å². The van der Waals surface area contributed by atoms with Crippen molar-refractivity contribution in [1.82, 2.24) is 0 Å². The first-order valence-corrected chi connectivity index (χ1v) is 6.12. The minimum Gasteiger partial charge on any atom is -0.293 e. The van der Waals surface area contributed by atoms with Crippen LogP contribution in [-0.4, -0.2) is 5.78 Å². The summed E-state index contributed by atoms with van der Waals surface area (Å²) in [5.74, 6) is -3.99. The fourth-order valence-corrected chi connectivity index (χ4v) is 2.52. The lowest BCUT2D eigenvalue weighted by molar-refractivity contribution is 0.0992. The van der Waals surface area contributed by atoms with Crippen molar-refractivity contribution in [2.24, 2.45) is 0 Å². The largest absolute Gasteiger partial charge is 0.293 e. The van der Waals surface area contributed by atoms with Gasteiger partial charge in [0.25, 0.3) is 0 Å². The number of Topliss-reactive ketones (excluding diaryl/α,β-unsaturated/α-hetero) is 1. The Labute approximate surface area is 106 Å². The van der Waals surface area contributed by atoms with E-state index >= 15 is 0 Å². The Bertz CT molecular complexity index is 581. The Kier molecular flexibility index (Phi) is 3.52. The van der Waals surface area contributed by atoms with Crippen molar-refractivity contribution < 1.29 is 18.0 Å². The molecular formula is C13H9F3OS. The molecule has 0 saturated carbocycles. The molecule has 0 N–H and O–H groups in total. The second-order valence-electron chi connectivity index (χ2n) is 3.69. The molecule has 0 bridgehead atoms. The van der Waals surface area contributed by atoms with E-state index in [1.807, 2.05) is 0 Å². The van der Waals surface area contributed by atoms with Crippen molar-refractivity contribution in [3.05, 3.63) is 46.6 Å². The minimum absolute atomic E-state index is 0.0331. The second kappa shape index (κ2) is 4.94. The number of hydrogen-bond acceptors (Lipinski definition) is 2. The van der Waals surface area contributed by atoms with E-state index in [1.165, 1.54) is 0 Å². The Morgan fingerprint density at radius 1 is 1.17 bits per heavy atom. The maximum absolute atomic E-state index is 13.1. The van der Waals surface area contributed by atoms with Crippen molar-refractivity contribution in [3.8, 4) is 10.4 Å². The number of carbonyl (C=O) groups excluding carboxylic acids is 1. The van der Waals surface area contributed by atoms with E-state index in [0.717, 1.165) is 23.5 Å². The lowest BCUT2D eigenvalue weighted by Crippen LogP contribution is -1.91. The van der Waals surface area contributed by atoms with E-state index in [1.54, 1.807) is 19.1 Å². The van der Waals surface area contributed by atoms with Gasteiger partial charge < -0.3 is 0 Å². The number of ketones is 1. The van der Waals surface area contributed by atoms with Crippen LogP contribution in [0.25, 0.3) is 10.4 Å². The van der Waals surface area contributed by atoms with Crippen LogP contribution in [0.4, 0.5) is 13.2 Å². The molecule has 1 heterocycles. The van der Waals surface area contributed by atoms with Crippen molar-refractivity contribution in [2.75, 3.05) is 0 Å². The predicted octanol–water partition coefficient (Wildman–Crippen LogP) is 4.43. The smallest absolute Gasteiger partial charge is 0.194 e. The SMILES string of the molecule is CCC(=O)c1ccc(-c2cc(F)c(F)c(F)c2)s1. The van der Waals surface area contributed by atoms with Gasteiger partial charge >= 0.3 is 0 Å². The number of benzene rings is 1. The second-order valence-corrected chi connectivity index (χ2v) is 4.78. The fraction of sp³-hybridized carbons (Fsp3) is 0.154. The summed E-state index contributed by atoms with van der Waals surface area (Å²) in [7, 11) is 0. The number of halogens is 3. The molecule has 94 valence electrons. The molecule has 0 fully saturated rings. The summed E-state index contributed by atoms with van der Waals surface area (Å²) in [5.41, 5.74) is 0.228. The quantitative estimate of drug-likeness (QED) is 0.596. The Balaban J connectivity index is 2.43. The van der Waals surface area contributed by atoms with Crippen molar-refractivity contribution >= 4 is 17.1 Å². The van der Waals surface area contributed by atoms with Crippen LogP contribution in [0.3, 0.4) is 0 Å². The highest BCUT2D eigenvalue weighted by Gasteiger charge is 2.14. The normalized spacial score (nSPS) is 10.7. The van der Waals surface area contributed by atoms with E-state index in [-0.39, 0.29) is 11.3 Å². The zero-order valence-electron chi connectivity index (χ0n) is 9.47. The van der Waals surface area contributed by atoms with Gasteiger partial charge in [-0.25, -0.2) is 13.2 Å². The van der Waals surface area contributed by atoms with Crippen LogP contribution in [0, 0.1) is 17.5 Å². The molecule has 0 amide bonds. The maximum Gasteiger partial charge on any atom is 0.194 e. The van der Waals surface area contributed by atoms with Crippen LogP contribution in [0.2, 0.25) is 0 Å². The van der Waals surface area contributed by atoms with Gasteiger partial charge in [-0.1, -0.05) is 6.92 Å². The van der Waals surface area contributed by atoms with Gasteiger partial charge in [0.1, 0.15) is 0 Å². The highest BCUT2D eigenvalue weighted by molar-refractivity contribution is 7.17. The monoisotopic (exact) mass is 270 g/mol. The molecule has 2 aromatic rings. The molecule has 0 saturated heterocycles. The molecule has 1 aromatic carbocycles. The van der Waals surface area contributed by atoms with E-state index in [4.69, 9.17) is 0 Å². The van der Waals surface area contributed by atoms with Crippen molar-refractivity contribution in [2.45, 2.75) is 13.3 Å². The summed E-state index contributed by atoms with van der Waals surface area (Å²) >= 11 is 1.14. The molecule has 0 atom stereocenters. The molecule has 0 spiro atoms. The summed E-state index contributed by atoms with van der Waals surface area (Å²) in [6.07, 6.45) is 0.367. The lowest BCUT2D eigenvalue weighted by atomic mass is 10.1. The fourth-order valence-electron chi connectivity index (χ4n) is 1.51. The Hall–Kier alpha value is -1.62. The molecule has 18 heavy (non-hydrogen) atoms. The van der Waals surface area contributed by atoms with Gasteiger partial charge in [0.15, 0.2) is 23.2 Å². The highest BCUT2D eigenvalue weighted by atomic mass is 32.1. The first-order chi connectivity index (χ1) is 8.52. The number of carbonyl (C=O) groups is 1. The topological polar surface area (TPSA) is 17.1 Å². The van der Waals surface area contributed by atoms with Gasteiger partial charge in [0.2, 0.25) is 0 Å². The summed E-state index contributed by atoms with van der Waals surface area (Å²) in [6.45, 7) is 1.74. The molecule has 0 aliphatic carbocycles. The third-order valence-electron chi connectivity index (χ3n) is 2.47. The third-order valence-corrected chi connectivity index (χ3v) is 3.65. The van der Waals surface area contributed by atoms with Crippen molar-refractivity contribution in [1.29, 1.82) is 0 Å². The Morgan fingerprint density at radius 3 is 2.33 bits per heavy atom. The van der Waals surface area contributed by atoms with Crippen molar-refractivity contribution in [3.63, 3.8) is 0 Å². The molecule has 0 unspecified atom stereocenters.